The van der Waals surface area contributed by atoms with Crippen molar-refractivity contribution in [3.8, 4) is 5.75 Å². The van der Waals surface area contributed by atoms with Gasteiger partial charge in [0.25, 0.3) is 0 Å². The van der Waals surface area contributed by atoms with Crippen LogP contribution < -0.4 is 10.1 Å². The summed E-state index contributed by atoms with van der Waals surface area (Å²) in [5, 5.41) is 3.42. The van der Waals surface area contributed by atoms with Gasteiger partial charge in [0.1, 0.15) is 5.75 Å². The molecule has 2 aromatic rings. The van der Waals surface area contributed by atoms with Crippen LogP contribution in [0.4, 0.5) is 5.69 Å². The number of rotatable bonds is 5. The highest BCUT2D eigenvalue weighted by Gasteiger charge is 1.97. The Hall–Kier alpha value is -2.03. The third-order valence-electron chi connectivity index (χ3n) is 2.91. The first-order valence-corrected chi connectivity index (χ1v) is 6.07. The van der Waals surface area contributed by atoms with E-state index in [2.05, 4.69) is 29.4 Å². The second-order valence-electron chi connectivity index (χ2n) is 4.22. The molecule has 3 nitrogen and oxygen atoms in total. The van der Waals surface area contributed by atoms with Gasteiger partial charge < -0.3 is 10.1 Å². The average molecular weight is 242 g/mol. The zero-order chi connectivity index (χ0) is 12.8. The first-order chi connectivity index (χ1) is 8.79. The van der Waals surface area contributed by atoms with Gasteiger partial charge in [-0.1, -0.05) is 12.1 Å². The molecule has 0 aliphatic rings. The normalized spacial score (nSPS) is 10.1. The molecular formula is C15H18N2O. The van der Waals surface area contributed by atoms with E-state index in [-0.39, 0.29) is 0 Å². The monoisotopic (exact) mass is 242 g/mol. The number of ether oxygens (including phenoxy) is 1. The van der Waals surface area contributed by atoms with Crippen molar-refractivity contribution in [1.29, 1.82) is 0 Å². The summed E-state index contributed by atoms with van der Waals surface area (Å²) in [6.45, 7) is 2.97. The van der Waals surface area contributed by atoms with Gasteiger partial charge in [-0.2, -0.15) is 0 Å². The molecule has 3 heteroatoms. The first-order valence-electron chi connectivity index (χ1n) is 6.07. The molecule has 0 radical (unpaired) electrons. The fourth-order valence-electron chi connectivity index (χ4n) is 1.81. The maximum Gasteiger partial charge on any atom is 0.118 e. The summed E-state index contributed by atoms with van der Waals surface area (Å²) in [5.41, 5.74) is 3.63. The third-order valence-corrected chi connectivity index (χ3v) is 2.91. The molecule has 0 unspecified atom stereocenters. The number of methoxy groups -OCH3 is 1. The number of nitrogens with zero attached hydrogens (tertiary/aromatic N) is 1. The first kappa shape index (κ1) is 12.4. The molecule has 2 rings (SSSR count). The molecule has 0 saturated heterocycles. The van der Waals surface area contributed by atoms with Crippen molar-refractivity contribution in [2.24, 2.45) is 0 Å². The molecule has 0 spiro atoms. The minimum absolute atomic E-state index is 0.900. The summed E-state index contributed by atoms with van der Waals surface area (Å²) in [4.78, 5) is 4.08. The van der Waals surface area contributed by atoms with E-state index in [1.165, 1.54) is 11.1 Å². The molecule has 0 aliphatic heterocycles. The highest BCUT2D eigenvalue weighted by atomic mass is 16.5. The Morgan fingerprint density at radius 1 is 1.17 bits per heavy atom. The molecule has 1 aromatic heterocycles. The number of hydrogen-bond acceptors (Lipinski definition) is 3. The smallest absolute Gasteiger partial charge is 0.118 e. The van der Waals surface area contributed by atoms with E-state index in [9.17, 15) is 0 Å². The summed E-state index contributed by atoms with van der Waals surface area (Å²) in [5.74, 6) is 0.900. The van der Waals surface area contributed by atoms with Crippen molar-refractivity contribution in [1.82, 2.24) is 4.98 Å². The fourth-order valence-corrected chi connectivity index (χ4v) is 1.81. The Morgan fingerprint density at radius 2 is 1.94 bits per heavy atom. The molecular weight excluding hydrogens is 224 g/mol. The average Bonchev–Trinajstić information content (AvgIpc) is 2.42. The third kappa shape index (κ3) is 3.23. The van der Waals surface area contributed by atoms with Gasteiger partial charge >= 0.3 is 0 Å². The van der Waals surface area contributed by atoms with Gasteiger partial charge in [-0.25, -0.2) is 0 Å². The van der Waals surface area contributed by atoms with Crippen LogP contribution in [0, 0.1) is 6.92 Å². The number of aromatic nitrogens is 1. The van der Waals surface area contributed by atoms with E-state index in [0.717, 1.165) is 24.4 Å². The van der Waals surface area contributed by atoms with Crippen molar-refractivity contribution in [2.45, 2.75) is 13.3 Å². The Kier molecular flexibility index (Phi) is 4.18. The summed E-state index contributed by atoms with van der Waals surface area (Å²) in [7, 11) is 1.68. The zero-order valence-corrected chi connectivity index (χ0v) is 10.8. The molecule has 0 aliphatic carbocycles. The van der Waals surface area contributed by atoms with Crippen LogP contribution in [0.25, 0.3) is 0 Å². The van der Waals surface area contributed by atoms with E-state index in [0.29, 0.717) is 0 Å². The molecule has 1 heterocycles. The summed E-state index contributed by atoms with van der Waals surface area (Å²) in [6.07, 6.45) is 4.67. The van der Waals surface area contributed by atoms with Crippen molar-refractivity contribution in [3.63, 3.8) is 0 Å². The van der Waals surface area contributed by atoms with Crippen molar-refractivity contribution < 1.29 is 4.74 Å². The van der Waals surface area contributed by atoms with Crippen LogP contribution in [0.1, 0.15) is 11.1 Å². The highest BCUT2D eigenvalue weighted by Crippen LogP contribution is 2.13. The van der Waals surface area contributed by atoms with Gasteiger partial charge in [0.2, 0.25) is 0 Å². The van der Waals surface area contributed by atoms with E-state index < -0.39 is 0 Å². The molecule has 1 aromatic carbocycles. The second kappa shape index (κ2) is 6.05. The number of anilines is 1. The summed E-state index contributed by atoms with van der Waals surface area (Å²) in [6, 6.07) is 10.2. The number of benzene rings is 1. The van der Waals surface area contributed by atoms with Crippen molar-refractivity contribution in [3.05, 3.63) is 53.9 Å². The molecule has 0 fully saturated rings. The largest absolute Gasteiger partial charge is 0.497 e. The van der Waals surface area contributed by atoms with Gasteiger partial charge in [0, 0.05) is 24.6 Å². The molecule has 0 atom stereocenters. The van der Waals surface area contributed by atoms with Crippen LogP contribution in [-0.4, -0.2) is 18.6 Å². The molecule has 0 bridgehead atoms. The topological polar surface area (TPSA) is 34.1 Å². The Balaban J connectivity index is 1.86. The zero-order valence-electron chi connectivity index (χ0n) is 10.8. The number of aryl methyl sites for hydroxylation is 1. The quantitative estimate of drug-likeness (QED) is 0.875. The fraction of sp³-hybridized carbons (Fsp3) is 0.267. The summed E-state index contributed by atoms with van der Waals surface area (Å²) >= 11 is 0. The van der Waals surface area contributed by atoms with Gasteiger partial charge in [-0.3, -0.25) is 4.98 Å². The number of nitrogens with one attached hydrogen (secondary N) is 1. The Labute approximate surface area is 108 Å². The second-order valence-corrected chi connectivity index (χ2v) is 4.22. The predicted octanol–water partition coefficient (Wildman–Crippen LogP) is 3.05. The van der Waals surface area contributed by atoms with Crippen LogP contribution in [0.5, 0.6) is 5.75 Å². The maximum absolute atomic E-state index is 5.14. The van der Waals surface area contributed by atoms with E-state index >= 15 is 0 Å². The number of pyridine rings is 1. The van der Waals surface area contributed by atoms with E-state index in [4.69, 9.17) is 4.74 Å². The maximum atomic E-state index is 5.14. The molecule has 18 heavy (non-hydrogen) atoms. The lowest BCUT2D eigenvalue weighted by Gasteiger charge is -2.09. The van der Waals surface area contributed by atoms with Gasteiger partial charge in [0.05, 0.1) is 7.11 Å². The van der Waals surface area contributed by atoms with E-state index in [1.807, 2.05) is 30.6 Å². The Morgan fingerprint density at radius 3 is 2.61 bits per heavy atom. The highest BCUT2D eigenvalue weighted by molar-refractivity contribution is 5.48. The lowest BCUT2D eigenvalue weighted by atomic mass is 10.1. The Bertz CT molecular complexity index is 494. The van der Waals surface area contributed by atoms with Crippen LogP contribution in [0.15, 0.2) is 42.7 Å². The molecule has 0 saturated carbocycles. The standard InChI is InChI=1S/C15H18N2O/c1-12-11-16-9-8-15(12)17-10-7-13-3-5-14(18-2)6-4-13/h3-6,8-9,11H,7,10H2,1-2H3,(H,16,17). The molecule has 1 N–H and O–H groups in total. The van der Waals surface area contributed by atoms with Gasteiger partial charge in [-0.05, 0) is 42.7 Å². The van der Waals surface area contributed by atoms with Crippen LogP contribution in [0.2, 0.25) is 0 Å². The predicted molar refractivity (Wildman–Crippen MR) is 74.2 cm³/mol. The lowest BCUT2D eigenvalue weighted by molar-refractivity contribution is 0.414. The molecule has 0 amide bonds. The van der Waals surface area contributed by atoms with Crippen LogP contribution >= 0.6 is 0 Å². The number of hydrogen-bond donors (Lipinski definition) is 1. The minimum Gasteiger partial charge on any atom is -0.497 e. The molecule has 94 valence electrons. The lowest BCUT2D eigenvalue weighted by Crippen LogP contribution is -2.06. The van der Waals surface area contributed by atoms with Crippen molar-refractivity contribution in [2.75, 3.05) is 19.0 Å². The summed E-state index contributed by atoms with van der Waals surface area (Å²) < 4.78 is 5.14. The van der Waals surface area contributed by atoms with Gasteiger partial charge in [0.15, 0.2) is 0 Å². The minimum atomic E-state index is 0.900. The van der Waals surface area contributed by atoms with Crippen LogP contribution in [-0.2, 0) is 6.42 Å². The van der Waals surface area contributed by atoms with Gasteiger partial charge in [-0.15, -0.1) is 0 Å². The van der Waals surface area contributed by atoms with Crippen LogP contribution in [0.3, 0.4) is 0 Å². The van der Waals surface area contributed by atoms with Crippen molar-refractivity contribution >= 4 is 5.69 Å². The van der Waals surface area contributed by atoms with E-state index in [1.54, 1.807) is 7.11 Å². The SMILES string of the molecule is COc1ccc(CCNc2ccncc2C)cc1.